The van der Waals surface area contributed by atoms with Gasteiger partial charge in [-0.1, -0.05) is 6.07 Å². The lowest BCUT2D eigenvalue weighted by molar-refractivity contribution is -0.115. The molecule has 0 aliphatic heterocycles. The Balaban J connectivity index is 1.94. The highest BCUT2D eigenvalue weighted by molar-refractivity contribution is 5.94. The topological polar surface area (TPSA) is 78.9 Å². The quantitative estimate of drug-likeness (QED) is 0.802. The number of nitrogens with one attached hydrogen (secondary N) is 1. The second-order valence-corrected chi connectivity index (χ2v) is 4.59. The standard InChI is InChI=1S/C16H10FN3O2/c17-11-3-1-2-10(8-11)16-20-13-9-12(4-5-14(13)22-16)19-15(21)6-7-18/h1-5,8-9H,6H2,(H,19,21). The zero-order valence-electron chi connectivity index (χ0n) is 11.3. The van der Waals surface area contributed by atoms with Gasteiger partial charge in [-0.05, 0) is 36.4 Å². The fourth-order valence-corrected chi connectivity index (χ4v) is 2.03. The maximum Gasteiger partial charge on any atom is 0.238 e. The van der Waals surface area contributed by atoms with Crippen LogP contribution in [-0.4, -0.2) is 10.9 Å². The number of oxazole rings is 1. The normalized spacial score (nSPS) is 10.4. The molecule has 1 amide bonds. The van der Waals surface area contributed by atoms with E-state index in [2.05, 4.69) is 10.3 Å². The van der Waals surface area contributed by atoms with E-state index in [0.717, 1.165) is 0 Å². The molecule has 2 aromatic carbocycles. The van der Waals surface area contributed by atoms with Gasteiger partial charge in [0.1, 0.15) is 17.8 Å². The van der Waals surface area contributed by atoms with E-state index in [-0.39, 0.29) is 12.2 Å². The SMILES string of the molecule is N#CCC(=O)Nc1ccc2oc(-c3cccc(F)c3)nc2c1. The van der Waals surface area contributed by atoms with Crippen molar-refractivity contribution in [3.05, 3.63) is 48.3 Å². The molecule has 0 bridgehead atoms. The molecule has 1 heterocycles. The molecule has 0 aliphatic rings. The van der Waals surface area contributed by atoms with E-state index in [9.17, 15) is 9.18 Å². The van der Waals surface area contributed by atoms with E-state index in [0.29, 0.717) is 28.2 Å². The smallest absolute Gasteiger partial charge is 0.238 e. The molecule has 0 saturated carbocycles. The minimum Gasteiger partial charge on any atom is -0.436 e. The van der Waals surface area contributed by atoms with E-state index < -0.39 is 5.91 Å². The van der Waals surface area contributed by atoms with Crippen LogP contribution in [0.4, 0.5) is 10.1 Å². The maximum absolute atomic E-state index is 13.2. The van der Waals surface area contributed by atoms with Crippen LogP contribution < -0.4 is 5.32 Å². The van der Waals surface area contributed by atoms with Crippen LogP contribution >= 0.6 is 0 Å². The molecule has 0 spiro atoms. The van der Waals surface area contributed by atoms with E-state index in [4.69, 9.17) is 9.68 Å². The summed E-state index contributed by atoms with van der Waals surface area (Å²) in [5.41, 5.74) is 2.12. The van der Waals surface area contributed by atoms with Gasteiger partial charge in [0.15, 0.2) is 5.58 Å². The Morgan fingerprint density at radius 2 is 2.18 bits per heavy atom. The van der Waals surface area contributed by atoms with Crippen molar-refractivity contribution < 1.29 is 13.6 Å². The molecule has 5 nitrogen and oxygen atoms in total. The van der Waals surface area contributed by atoms with Gasteiger partial charge in [0.2, 0.25) is 11.8 Å². The van der Waals surface area contributed by atoms with Gasteiger partial charge in [-0.3, -0.25) is 4.79 Å². The van der Waals surface area contributed by atoms with Crippen LogP contribution in [0.2, 0.25) is 0 Å². The minimum absolute atomic E-state index is 0.217. The number of fused-ring (bicyclic) bond motifs is 1. The zero-order valence-corrected chi connectivity index (χ0v) is 11.3. The van der Waals surface area contributed by atoms with Gasteiger partial charge in [0, 0.05) is 11.3 Å². The Kier molecular flexibility index (Phi) is 3.54. The average Bonchev–Trinajstić information content (AvgIpc) is 2.90. The van der Waals surface area contributed by atoms with E-state index >= 15 is 0 Å². The third-order valence-corrected chi connectivity index (χ3v) is 2.98. The number of nitrogens with zero attached hydrogens (tertiary/aromatic N) is 2. The van der Waals surface area contributed by atoms with Crippen molar-refractivity contribution in [3.63, 3.8) is 0 Å². The second kappa shape index (κ2) is 5.66. The Hall–Kier alpha value is -3.20. The summed E-state index contributed by atoms with van der Waals surface area (Å²) in [6.45, 7) is 0. The highest BCUT2D eigenvalue weighted by Gasteiger charge is 2.10. The molecule has 3 rings (SSSR count). The van der Waals surface area contributed by atoms with E-state index in [1.807, 2.05) is 0 Å². The molecular formula is C16H10FN3O2. The molecule has 108 valence electrons. The number of nitriles is 1. The summed E-state index contributed by atoms with van der Waals surface area (Å²) in [7, 11) is 0. The van der Waals surface area contributed by atoms with Crippen molar-refractivity contribution in [2.24, 2.45) is 0 Å². The number of carbonyl (C=O) groups is 1. The van der Waals surface area contributed by atoms with Gasteiger partial charge in [-0.25, -0.2) is 9.37 Å². The zero-order chi connectivity index (χ0) is 15.5. The first-order chi connectivity index (χ1) is 10.7. The van der Waals surface area contributed by atoms with Crippen LogP contribution in [-0.2, 0) is 4.79 Å². The third-order valence-electron chi connectivity index (χ3n) is 2.98. The molecule has 0 fully saturated rings. The number of amides is 1. The van der Waals surface area contributed by atoms with Gasteiger partial charge >= 0.3 is 0 Å². The van der Waals surface area contributed by atoms with Crippen molar-refractivity contribution >= 4 is 22.7 Å². The highest BCUT2D eigenvalue weighted by Crippen LogP contribution is 2.26. The molecular weight excluding hydrogens is 285 g/mol. The summed E-state index contributed by atoms with van der Waals surface area (Å²) in [5.74, 6) is -0.463. The molecule has 0 radical (unpaired) electrons. The summed E-state index contributed by atoms with van der Waals surface area (Å²) in [6, 6.07) is 12.7. The third kappa shape index (κ3) is 2.79. The fourth-order valence-electron chi connectivity index (χ4n) is 2.03. The number of aromatic nitrogens is 1. The summed E-state index contributed by atoms with van der Waals surface area (Å²) in [4.78, 5) is 15.7. The van der Waals surface area contributed by atoms with Gasteiger partial charge in [-0.2, -0.15) is 5.26 Å². The van der Waals surface area contributed by atoms with Crippen LogP contribution in [0.5, 0.6) is 0 Å². The molecule has 22 heavy (non-hydrogen) atoms. The lowest BCUT2D eigenvalue weighted by Crippen LogP contribution is -2.09. The Labute approximate surface area is 125 Å². The van der Waals surface area contributed by atoms with Crippen molar-refractivity contribution in [1.29, 1.82) is 5.26 Å². The average molecular weight is 295 g/mol. The molecule has 1 aromatic heterocycles. The van der Waals surface area contributed by atoms with Crippen LogP contribution in [0.3, 0.4) is 0 Å². The number of hydrogen-bond acceptors (Lipinski definition) is 4. The first-order valence-electron chi connectivity index (χ1n) is 6.49. The number of rotatable bonds is 3. The Bertz CT molecular complexity index is 896. The molecule has 6 heteroatoms. The van der Waals surface area contributed by atoms with Crippen LogP contribution in [0.15, 0.2) is 46.9 Å². The highest BCUT2D eigenvalue weighted by atomic mass is 19.1. The molecule has 3 aromatic rings. The second-order valence-electron chi connectivity index (χ2n) is 4.59. The molecule has 1 N–H and O–H groups in total. The van der Waals surface area contributed by atoms with Crippen molar-refractivity contribution in [1.82, 2.24) is 4.98 Å². The number of hydrogen-bond donors (Lipinski definition) is 1. The summed E-state index contributed by atoms with van der Waals surface area (Å²) in [5, 5.41) is 11.1. The summed E-state index contributed by atoms with van der Waals surface area (Å²) in [6.07, 6.45) is -0.217. The van der Waals surface area contributed by atoms with Gasteiger partial charge in [0.05, 0.1) is 6.07 Å². The maximum atomic E-state index is 13.2. The molecule has 0 saturated heterocycles. The predicted octanol–water partition coefficient (Wildman–Crippen LogP) is 3.49. The van der Waals surface area contributed by atoms with E-state index in [1.165, 1.54) is 12.1 Å². The van der Waals surface area contributed by atoms with Gasteiger partial charge < -0.3 is 9.73 Å². The number of benzene rings is 2. The van der Waals surface area contributed by atoms with Gasteiger partial charge in [-0.15, -0.1) is 0 Å². The van der Waals surface area contributed by atoms with Crippen molar-refractivity contribution in [3.8, 4) is 17.5 Å². The van der Waals surface area contributed by atoms with Crippen LogP contribution in [0.1, 0.15) is 6.42 Å². The molecule has 0 unspecified atom stereocenters. The predicted molar refractivity (Wildman–Crippen MR) is 78.3 cm³/mol. The van der Waals surface area contributed by atoms with Crippen molar-refractivity contribution in [2.75, 3.05) is 5.32 Å². The lowest BCUT2D eigenvalue weighted by Gasteiger charge is -2.00. The Morgan fingerprint density at radius 1 is 1.32 bits per heavy atom. The number of carbonyl (C=O) groups excluding carboxylic acids is 1. The van der Waals surface area contributed by atoms with Crippen LogP contribution in [0.25, 0.3) is 22.6 Å². The van der Waals surface area contributed by atoms with Crippen LogP contribution in [0, 0.1) is 17.1 Å². The van der Waals surface area contributed by atoms with E-state index in [1.54, 1.807) is 36.4 Å². The number of anilines is 1. The number of halogens is 1. The van der Waals surface area contributed by atoms with Gasteiger partial charge in [0.25, 0.3) is 0 Å². The first kappa shape index (κ1) is 13.8. The molecule has 0 atom stereocenters. The lowest BCUT2D eigenvalue weighted by atomic mass is 10.2. The largest absolute Gasteiger partial charge is 0.436 e. The monoisotopic (exact) mass is 295 g/mol. The summed E-state index contributed by atoms with van der Waals surface area (Å²) >= 11 is 0. The Morgan fingerprint density at radius 3 is 2.95 bits per heavy atom. The minimum atomic E-state index is -0.393. The summed E-state index contributed by atoms with van der Waals surface area (Å²) < 4.78 is 18.8. The fraction of sp³-hybridized carbons (Fsp3) is 0.0625. The van der Waals surface area contributed by atoms with Crippen molar-refractivity contribution in [2.45, 2.75) is 6.42 Å². The first-order valence-corrected chi connectivity index (χ1v) is 6.49. The molecule has 0 aliphatic carbocycles.